The molecule has 27 heavy (non-hydrogen) atoms. The highest BCUT2D eigenvalue weighted by Gasteiger charge is 2.40. The highest BCUT2D eigenvalue weighted by molar-refractivity contribution is 5.80. The van der Waals surface area contributed by atoms with Crippen molar-refractivity contribution in [3.63, 3.8) is 0 Å². The molecule has 142 valence electrons. The monoisotopic (exact) mass is 367 g/mol. The largest absolute Gasteiger partial charge is 0.481 e. The molecule has 1 fully saturated rings. The van der Waals surface area contributed by atoms with Gasteiger partial charge in [0.1, 0.15) is 0 Å². The Morgan fingerprint density at radius 1 is 1.15 bits per heavy atom. The zero-order valence-electron chi connectivity index (χ0n) is 15.4. The average molecular weight is 367 g/mol. The number of aliphatic carboxylic acids is 1. The fourth-order valence-corrected chi connectivity index (χ4v) is 4.44. The first-order valence-electron chi connectivity index (χ1n) is 9.74. The van der Waals surface area contributed by atoms with Gasteiger partial charge in [0.25, 0.3) is 0 Å². The Labute approximate surface area is 158 Å². The standard InChI is InChI=1S/C21H25N3O3/c25-20(11-10-19-15-8-4-5-9-18(15)22-23-19)24-12-16(17(13-24)21(26)27)14-6-2-1-3-7-14/h1-3,6-7,16-17H,4-5,8-13H2,(H,22,23)(H,26,27)/t16-,17+/m0/s1. The molecule has 6 nitrogen and oxygen atoms in total. The van der Waals surface area contributed by atoms with Crippen molar-refractivity contribution >= 4 is 11.9 Å². The fraction of sp³-hybridized carbons (Fsp3) is 0.476. The summed E-state index contributed by atoms with van der Waals surface area (Å²) in [4.78, 5) is 26.2. The summed E-state index contributed by atoms with van der Waals surface area (Å²) in [5.74, 6) is -1.51. The molecule has 0 spiro atoms. The number of aromatic amines is 1. The van der Waals surface area contributed by atoms with Gasteiger partial charge in [-0.1, -0.05) is 30.3 Å². The number of carboxylic acids is 1. The number of amides is 1. The van der Waals surface area contributed by atoms with E-state index in [1.807, 2.05) is 30.3 Å². The maximum atomic E-state index is 12.7. The first-order valence-corrected chi connectivity index (χ1v) is 9.74. The van der Waals surface area contributed by atoms with E-state index in [0.29, 0.717) is 19.4 Å². The van der Waals surface area contributed by atoms with Crippen molar-refractivity contribution in [2.24, 2.45) is 5.92 Å². The Bertz CT molecular complexity index is 830. The quantitative estimate of drug-likeness (QED) is 0.850. The van der Waals surface area contributed by atoms with Crippen LogP contribution in [0.4, 0.5) is 0 Å². The number of aromatic nitrogens is 2. The Hall–Kier alpha value is -2.63. The summed E-state index contributed by atoms with van der Waals surface area (Å²) in [5, 5.41) is 17.1. The molecule has 2 aromatic rings. The van der Waals surface area contributed by atoms with E-state index < -0.39 is 11.9 Å². The van der Waals surface area contributed by atoms with Gasteiger partial charge in [-0.25, -0.2) is 0 Å². The van der Waals surface area contributed by atoms with Crippen molar-refractivity contribution in [3.05, 3.63) is 52.8 Å². The van der Waals surface area contributed by atoms with Gasteiger partial charge in [-0.15, -0.1) is 0 Å². The van der Waals surface area contributed by atoms with Crippen LogP contribution in [-0.2, 0) is 28.9 Å². The number of rotatable bonds is 5. The Morgan fingerprint density at radius 2 is 1.93 bits per heavy atom. The number of H-pyrrole nitrogens is 1. The van der Waals surface area contributed by atoms with Gasteiger partial charge in [-0.05, 0) is 36.8 Å². The van der Waals surface area contributed by atoms with Gasteiger partial charge in [0.05, 0.1) is 11.6 Å². The van der Waals surface area contributed by atoms with E-state index in [2.05, 4.69) is 10.2 Å². The summed E-state index contributed by atoms with van der Waals surface area (Å²) in [6.45, 7) is 0.755. The molecule has 2 heterocycles. The summed E-state index contributed by atoms with van der Waals surface area (Å²) >= 11 is 0. The second-order valence-electron chi connectivity index (χ2n) is 7.60. The van der Waals surface area contributed by atoms with Gasteiger partial charge >= 0.3 is 5.97 Å². The molecule has 0 unspecified atom stereocenters. The van der Waals surface area contributed by atoms with Crippen molar-refractivity contribution < 1.29 is 14.7 Å². The smallest absolute Gasteiger partial charge is 0.308 e. The highest BCUT2D eigenvalue weighted by atomic mass is 16.4. The first-order chi connectivity index (χ1) is 13.1. The van der Waals surface area contributed by atoms with Crippen molar-refractivity contribution in [1.82, 2.24) is 15.1 Å². The van der Waals surface area contributed by atoms with Gasteiger partial charge in [-0.3, -0.25) is 14.7 Å². The van der Waals surface area contributed by atoms with E-state index in [0.717, 1.165) is 24.1 Å². The Morgan fingerprint density at radius 3 is 2.70 bits per heavy atom. The zero-order valence-corrected chi connectivity index (χ0v) is 15.4. The van der Waals surface area contributed by atoms with Gasteiger partial charge in [0.15, 0.2) is 0 Å². The van der Waals surface area contributed by atoms with Crippen molar-refractivity contribution in [2.45, 2.75) is 44.4 Å². The maximum absolute atomic E-state index is 12.7. The van der Waals surface area contributed by atoms with Crippen molar-refractivity contribution in [2.75, 3.05) is 13.1 Å². The molecule has 2 N–H and O–H groups in total. The Balaban J connectivity index is 1.42. The molecule has 1 amide bonds. The average Bonchev–Trinajstić information content (AvgIpc) is 3.32. The molecular weight excluding hydrogens is 342 g/mol. The van der Waals surface area contributed by atoms with E-state index in [4.69, 9.17) is 0 Å². The number of carboxylic acid groups (broad SMARTS) is 1. The molecule has 1 aliphatic heterocycles. The molecule has 0 saturated carbocycles. The van der Waals surface area contributed by atoms with E-state index in [-0.39, 0.29) is 18.4 Å². The van der Waals surface area contributed by atoms with Crippen LogP contribution in [0.15, 0.2) is 30.3 Å². The van der Waals surface area contributed by atoms with E-state index in [1.165, 1.54) is 24.1 Å². The molecule has 1 aromatic heterocycles. The summed E-state index contributed by atoms with van der Waals surface area (Å²) in [6, 6.07) is 9.65. The molecule has 2 atom stereocenters. The first kappa shape index (κ1) is 17.8. The van der Waals surface area contributed by atoms with Crippen molar-refractivity contribution in [1.29, 1.82) is 0 Å². The molecule has 0 bridgehead atoms. The van der Waals surface area contributed by atoms with E-state index in [9.17, 15) is 14.7 Å². The lowest BCUT2D eigenvalue weighted by atomic mass is 9.89. The minimum atomic E-state index is -0.833. The number of nitrogens with one attached hydrogen (secondary N) is 1. The number of carbonyl (C=O) groups is 2. The van der Waals surface area contributed by atoms with Gasteiger partial charge in [0, 0.05) is 37.5 Å². The summed E-state index contributed by atoms with van der Waals surface area (Å²) in [6.07, 6.45) is 5.45. The number of nitrogens with zero attached hydrogens (tertiary/aromatic N) is 2. The molecule has 6 heteroatoms. The van der Waals surface area contributed by atoms with Gasteiger partial charge < -0.3 is 10.0 Å². The van der Waals surface area contributed by atoms with Crippen LogP contribution in [0, 0.1) is 5.92 Å². The second kappa shape index (κ2) is 7.55. The lowest BCUT2D eigenvalue weighted by Gasteiger charge is -2.17. The molecule has 0 radical (unpaired) electrons. The topological polar surface area (TPSA) is 86.3 Å². The number of aryl methyl sites for hydroxylation is 2. The second-order valence-corrected chi connectivity index (χ2v) is 7.60. The highest BCUT2D eigenvalue weighted by Crippen LogP contribution is 2.33. The number of carbonyl (C=O) groups excluding carboxylic acids is 1. The minimum Gasteiger partial charge on any atom is -0.481 e. The predicted octanol–water partition coefficient (Wildman–Crippen LogP) is 2.55. The van der Waals surface area contributed by atoms with Crippen LogP contribution in [0.5, 0.6) is 0 Å². The number of fused-ring (bicyclic) bond motifs is 1. The minimum absolute atomic E-state index is 0.0206. The number of hydrogen-bond acceptors (Lipinski definition) is 3. The molecule has 4 rings (SSSR count). The third-order valence-corrected chi connectivity index (χ3v) is 5.94. The van der Waals surface area contributed by atoms with Crippen LogP contribution < -0.4 is 0 Å². The van der Waals surface area contributed by atoms with Gasteiger partial charge in [0.2, 0.25) is 5.91 Å². The SMILES string of the molecule is O=C(O)[C@@H]1CN(C(=O)CCc2n[nH]c3c2CCCC3)C[C@H]1c1ccccc1. The number of benzene rings is 1. The molecular formula is C21H25N3O3. The van der Waals surface area contributed by atoms with Gasteiger partial charge in [-0.2, -0.15) is 5.10 Å². The summed E-state index contributed by atoms with van der Waals surface area (Å²) in [5.41, 5.74) is 4.51. The lowest BCUT2D eigenvalue weighted by Crippen LogP contribution is -2.30. The van der Waals surface area contributed by atoms with Crippen LogP contribution in [0.3, 0.4) is 0 Å². The normalized spacial score (nSPS) is 21.9. The van der Waals surface area contributed by atoms with E-state index >= 15 is 0 Å². The molecule has 1 aromatic carbocycles. The third-order valence-electron chi connectivity index (χ3n) is 5.94. The third kappa shape index (κ3) is 3.61. The lowest BCUT2D eigenvalue weighted by molar-refractivity contribution is -0.141. The van der Waals surface area contributed by atoms with Crippen LogP contribution in [-0.4, -0.2) is 45.2 Å². The maximum Gasteiger partial charge on any atom is 0.308 e. The predicted molar refractivity (Wildman–Crippen MR) is 100 cm³/mol. The van der Waals surface area contributed by atoms with Crippen LogP contribution in [0.1, 0.15) is 47.7 Å². The van der Waals surface area contributed by atoms with Crippen LogP contribution >= 0.6 is 0 Å². The fourth-order valence-electron chi connectivity index (χ4n) is 4.44. The zero-order chi connectivity index (χ0) is 18.8. The molecule has 1 saturated heterocycles. The van der Waals surface area contributed by atoms with E-state index in [1.54, 1.807) is 4.90 Å². The van der Waals surface area contributed by atoms with Crippen LogP contribution in [0.25, 0.3) is 0 Å². The molecule has 2 aliphatic rings. The van der Waals surface area contributed by atoms with Crippen LogP contribution in [0.2, 0.25) is 0 Å². The summed E-state index contributed by atoms with van der Waals surface area (Å²) in [7, 11) is 0. The Kier molecular flexibility index (Phi) is 4.97. The van der Waals surface area contributed by atoms with Crippen molar-refractivity contribution in [3.8, 4) is 0 Å². The molecule has 1 aliphatic carbocycles. The summed E-state index contributed by atoms with van der Waals surface area (Å²) < 4.78 is 0. The number of hydrogen-bond donors (Lipinski definition) is 2. The number of likely N-dealkylation sites (tertiary alicyclic amines) is 1.